The Balaban J connectivity index is 1.81. The van der Waals surface area contributed by atoms with Crippen molar-refractivity contribution in [3.8, 4) is 0 Å². The average Bonchev–Trinajstić information content (AvgIpc) is 2.46. The number of ether oxygens (including phenoxy) is 2. The standard InChI is InChI=1S/C14H17FN2O4/c15-12-7-9(16)1-2-11(12)14(19)21-8-13(18)17-10-3-5-20-6-4-10/h1-2,7,10H,3-6,8,16H2,(H,17,18). The zero-order valence-electron chi connectivity index (χ0n) is 11.4. The number of amides is 1. The van der Waals surface area contributed by atoms with Gasteiger partial charge in [0.1, 0.15) is 5.82 Å². The van der Waals surface area contributed by atoms with Gasteiger partial charge in [-0.05, 0) is 31.0 Å². The highest BCUT2D eigenvalue weighted by molar-refractivity contribution is 5.91. The number of rotatable bonds is 4. The number of anilines is 1. The SMILES string of the molecule is Nc1ccc(C(=O)OCC(=O)NC2CCOCC2)c(F)c1. The van der Waals surface area contributed by atoms with Crippen molar-refractivity contribution in [1.29, 1.82) is 0 Å². The normalized spacial score (nSPS) is 15.5. The Hall–Kier alpha value is -2.15. The van der Waals surface area contributed by atoms with Crippen LogP contribution in [0, 0.1) is 5.82 Å². The third-order valence-corrected chi connectivity index (χ3v) is 3.13. The summed E-state index contributed by atoms with van der Waals surface area (Å²) in [4.78, 5) is 23.3. The van der Waals surface area contributed by atoms with Crippen LogP contribution in [0.2, 0.25) is 0 Å². The molecule has 6 nitrogen and oxygen atoms in total. The number of benzene rings is 1. The first-order chi connectivity index (χ1) is 10.1. The van der Waals surface area contributed by atoms with Gasteiger partial charge in [0.25, 0.3) is 5.91 Å². The van der Waals surface area contributed by atoms with E-state index in [1.165, 1.54) is 12.1 Å². The number of nitrogens with two attached hydrogens (primary N) is 1. The molecule has 1 fully saturated rings. The lowest BCUT2D eigenvalue weighted by molar-refractivity contribution is -0.125. The smallest absolute Gasteiger partial charge is 0.341 e. The van der Waals surface area contributed by atoms with Crippen LogP contribution in [0.1, 0.15) is 23.2 Å². The second-order valence-electron chi connectivity index (χ2n) is 4.77. The van der Waals surface area contributed by atoms with E-state index < -0.39 is 24.3 Å². The van der Waals surface area contributed by atoms with E-state index in [0.717, 1.165) is 18.9 Å². The number of hydrogen-bond acceptors (Lipinski definition) is 5. The molecular weight excluding hydrogens is 279 g/mol. The molecule has 7 heteroatoms. The lowest BCUT2D eigenvalue weighted by Gasteiger charge is -2.22. The first kappa shape index (κ1) is 15.2. The third-order valence-electron chi connectivity index (χ3n) is 3.13. The summed E-state index contributed by atoms with van der Waals surface area (Å²) in [5.41, 5.74) is 5.35. The number of carbonyl (C=O) groups excluding carboxylic acids is 2. The highest BCUT2D eigenvalue weighted by Crippen LogP contribution is 2.13. The molecule has 2 rings (SSSR count). The van der Waals surface area contributed by atoms with Gasteiger partial charge in [0, 0.05) is 24.9 Å². The van der Waals surface area contributed by atoms with Gasteiger partial charge in [-0.1, -0.05) is 0 Å². The van der Waals surface area contributed by atoms with Crippen LogP contribution in [0.3, 0.4) is 0 Å². The first-order valence-electron chi connectivity index (χ1n) is 6.65. The summed E-state index contributed by atoms with van der Waals surface area (Å²) < 4.78 is 23.5. The molecule has 114 valence electrons. The summed E-state index contributed by atoms with van der Waals surface area (Å²) in [6.45, 7) is 0.753. The molecule has 1 aliphatic heterocycles. The van der Waals surface area contributed by atoms with Gasteiger partial charge in [0.15, 0.2) is 6.61 Å². The number of nitrogen functional groups attached to an aromatic ring is 1. The maximum atomic E-state index is 13.5. The minimum atomic E-state index is -0.894. The van der Waals surface area contributed by atoms with E-state index in [-0.39, 0.29) is 17.3 Å². The van der Waals surface area contributed by atoms with Crippen LogP contribution in [0.5, 0.6) is 0 Å². The number of esters is 1. The third kappa shape index (κ3) is 4.42. The van der Waals surface area contributed by atoms with Gasteiger partial charge in [0.2, 0.25) is 0 Å². The molecule has 0 spiro atoms. The molecule has 1 saturated heterocycles. The Kier molecular flexibility index (Phi) is 5.10. The Morgan fingerprint density at radius 3 is 2.76 bits per heavy atom. The van der Waals surface area contributed by atoms with E-state index in [4.69, 9.17) is 15.2 Å². The Morgan fingerprint density at radius 1 is 1.38 bits per heavy atom. The number of hydrogen-bond donors (Lipinski definition) is 2. The maximum absolute atomic E-state index is 13.5. The molecule has 3 N–H and O–H groups in total. The van der Waals surface area contributed by atoms with Gasteiger partial charge < -0.3 is 20.5 Å². The summed E-state index contributed by atoms with van der Waals surface area (Å²) in [6.07, 6.45) is 1.46. The molecular formula is C14H17FN2O4. The molecule has 0 unspecified atom stereocenters. The summed E-state index contributed by atoms with van der Waals surface area (Å²) in [5.74, 6) is -2.08. The quantitative estimate of drug-likeness (QED) is 0.635. The van der Waals surface area contributed by atoms with Gasteiger partial charge in [-0.3, -0.25) is 4.79 Å². The van der Waals surface area contributed by atoms with Gasteiger partial charge in [-0.15, -0.1) is 0 Å². The van der Waals surface area contributed by atoms with Gasteiger partial charge in [-0.2, -0.15) is 0 Å². The number of halogens is 1. The van der Waals surface area contributed by atoms with Crippen LogP contribution >= 0.6 is 0 Å². The van der Waals surface area contributed by atoms with Crippen molar-refractivity contribution in [2.24, 2.45) is 0 Å². The average molecular weight is 296 g/mol. The molecule has 0 aromatic heterocycles. The van der Waals surface area contributed by atoms with Crippen molar-refractivity contribution < 1.29 is 23.5 Å². The van der Waals surface area contributed by atoms with Crippen LogP contribution in [-0.2, 0) is 14.3 Å². The minimum Gasteiger partial charge on any atom is -0.452 e. The van der Waals surface area contributed by atoms with Crippen molar-refractivity contribution in [2.75, 3.05) is 25.6 Å². The second-order valence-corrected chi connectivity index (χ2v) is 4.77. The monoisotopic (exact) mass is 296 g/mol. The molecule has 21 heavy (non-hydrogen) atoms. The Morgan fingerprint density at radius 2 is 2.10 bits per heavy atom. The molecule has 0 radical (unpaired) electrons. The molecule has 1 aromatic carbocycles. The number of nitrogens with one attached hydrogen (secondary N) is 1. The zero-order chi connectivity index (χ0) is 15.2. The van der Waals surface area contributed by atoms with E-state index in [1.54, 1.807) is 0 Å². The van der Waals surface area contributed by atoms with E-state index in [0.29, 0.717) is 13.2 Å². The molecule has 1 heterocycles. The Labute approximate surface area is 121 Å². The largest absolute Gasteiger partial charge is 0.452 e. The zero-order valence-corrected chi connectivity index (χ0v) is 11.4. The van der Waals surface area contributed by atoms with E-state index in [1.807, 2.05) is 0 Å². The summed E-state index contributed by atoms with van der Waals surface area (Å²) in [5, 5.41) is 2.74. The van der Waals surface area contributed by atoms with Gasteiger partial charge in [0.05, 0.1) is 5.56 Å². The van der Waals surface area contributed by atoms with E-state index >= 15 is 0 Å². The molecule has 0 atom stereocenters. The van der Waals surface area contributed by atoms with Crippen molar-refractivity contribution in [1.82, 2.24) is 5.32 Å². The van der Waals surface area contributed by atoms with E-state index in [2.05, 4.69) is 5.32 Å². The molecule has 1 aromatic rings. The predicted octanol–water partition coefficient (Wildman–Crippen LogP) is 0.860. The Bertz CT molecular complexity index is 530. The van der Waals surface area contributed by atoms with Crippen molar-refractivity contribution in [3.63, 3.8) is 0 Å². The highest BCUT2D eigenvalue weighted by atomic mass is 19.1. The molecule has 0 bridgehead atoms. The molecule has 1 aliphatic rings. The fourth-order valence-electron chi connectivity index (χ4n) is 2.02. The van der Waals surface area contributed by atoms with Crippen molar-refractivity contribution >= 4 is 17.6 Å². The summed E-state index contributed by atoms with van der Waals surface area (Å²) >= 11 is 0. The van der Waals surface area contributed by atoms with Crippen LogP contribution < -0.4 is 11.1 Å². The van der Waals surface area contributed by atoms with E-state index in [9.17, 15) is 14.0 Å². The lowest BCUT2D eigenvalue weighted by atomic mass is 10.1. The second kappa shape index (κ2) is 7.03. The molecule has 0 aliphatic carbocycles. The lowest BCUT2D eigenvalue weighted by Crippen LogP contribution is -2.41. The maximum Gasteiger partial charge on any atom is 0.341 e. The van der Waals surface area contributed by atoms with Crippen LogP contribution in [0.15, 0.2) is 18.2 Å². The highest BCUT2D eigenvalue weighted by Gasteiger charge is 2.18. The number of carbonyl (C=O) groups is 2. The topological polar surface area (TPSA) is 90.7 Å². The fourth-order valence-corrected chi connectivity index (χ4v) is 2.02. The van der Waals surface area contributed by atoms with Crippen molar-refractivity contribution in [2.45, 2.75) is 18.9 Å². The predicted molar refractivity (Wildman–Crippen MR) is 73.1 cm³/mol. The van der Waals surface area contributed by atoms with Gasteiger partial charge >= 0.3 is 5.97 Å². The fraction of sp³-hybridized carbons (Fsp3) is 0.429. The minimum absolute atomic E-state index is 0.0261. The molecule has 0 saturated carbocycles. The molecule has 1 amide bonds. The first-order valence-corrected chi connectivity index (χ1v) is 6.65. The van der Waals surface area contributed by atoms with Crippen molar-refractivity contribution in [3.05, 3.63) is 29.6 Å². The van der Waals surface area contributed by atoms with Crippen LogP contribution in [0.4, 0.5) is 10.1 Å². The van der Waals surface area contributed by atoms with Gasteiger partial charge in [-0.25, -0.2) is 9.18 Å². The van der Waals surface area contributed by atoms with Crippen LogP contribution in [0.25, 0.3) is 0 Å². The summed E-state index contributed by atoms with van der Waals surface area (Å²) in [7, 11) is 0. The van der Waals surface area contributed by atoms with Crippen LogP contribution in [-0.4, -0.2) is 37.7 Å². The summed E-state index contributed by atoms with van der Waals surface area (Å²) in [6, 6.07) is 3.67.